The molecule has 0 aromatic rings. The van der Waals surface area contributed by atoms with Gasteiger partial charge in [0.25, 0.3) is 0 Å². The Labute approximate surface area is 538 Å². The molecule has 0 unspecified atom stereocenters. The first kappa shape index (κ1) is 81.9. The molecule has 0 aromatic carbocycles. The van der Waals surface area contributed by atoms with Gasteiger partial charge in [-0.05, 0) is 86.9 Å². The number of allylic oxidation sites excluding steroid dienone is 1. The van der Waals surface area contributed by atoms with Gasteiger partial charge in [0.15, 0.2) is 17.3 Å². The van der Waals surface area contributed by atoms with Crippen molar-refractivity contribution in [2.24, 2.45) is 59.2 Å². The minimum Gasteiger partial charge on any atom is -0.480 e. The van der Waals surface area contributed by atoms with Crippen LogP contribution in [0.25, 0.3) is 0 Å². The summed E-state index contributed by atoms with van der Waals surface area (Å²) in [5.74, 6) is -12.8. The Balaban J connectivity index is 4.35. The first-order valence-electron chi connectivity index (χ1n) is 32.4. The molecule has 3 N–H and O–H groups in total. The van der Waals surface area contributed by atoms with E-state index in [-0.39, 0.29) is 81.6 Å². The maximum atomic E-state index is 15.3. The molecular weight excluding hydrogens is 1160 g/mol. The summed E-state index contributed by atoms with van der Waals surface area (Å²) >= 11 is 0. The Kier molecular flexibility index (Phi) is 34.6. The van der Waals surface area contributed by atoms with Crippen molar-refractivity contribution in [1.82, 2.24) is 39.6 Å². The summed E-state index contributed by atoms with van der Waals surface area (Å²) < 4.78 is 5.12. The molecule has 0 radical (unpaired) electrons. The lowest BCUT2D eigenvalue weighted by Gasteiger charge is -2.41. The highest BCUT2D eigenvalue weighted by Gasteiger charge is 2.46. The third kappa shape index (κ3) is 24.2. The van der Waals surface area contributed by atoms with Crippen LogP contribution in [-0.2, 0) is 62.3 Å². The van der Waals surface area contributed by atoms with Crippen molar-refractivity contribution in [1.29, 1.82) is 0 Å². The van der Waals surface area contributed by atoms with Gasteiger partial charge in [-0.3, -0.25) is 52.7 Å². The van der Waals surface area contributed by atoms with Gasteiger partial charge in [0.1, 0.15) is 36.8 Å². The second kappa shape index (κ2) is 38.0. The number of rotatable bonds is 19. The summed E-state index contributed by atoms with van der Waals surface area (Å²) in [4.78, 5) is 181. The molecule has 0 bridgehead atoms. The molecule has 8 amide bonds. The molecule has 0 saturated carbocycles. The molecule has 1 rings (SSSR count). The van der Waals surface area contributed by atoms with Crippen LogP contribution in [0.2, 0.25) is 0 Å². The van der Waals surface area contributed by atoms with Crippen molar-refractivity contribution in [3.05, 3.63) is 12.2 Å². The fraction of sp³-hybridized carbons (Fsp3) is 0.791. The van der Waals surface area contributed by atoms with Gasteiger partial charge in [-0.15, -0.1) is 0 Å². The van der Waals surface area contributed by atoms with Crippen molar-refractivity contribution < 1.29 is 72.5 Å². The summed E-state index contributed by atoms with van der Waals surface area (Å²) in [7, 11) is 10.0. The fourth-order valence-corrected chi connectivity index (χ4v) is 11.8. The maximum absolute atomic E-state index is 15.3. The van der Waals surface area contributed by atoms with Crippen LogP contribution in [0.15, 0.2) is 12.2 Å². The molecule has 1 saturated heterocycles. The number of ether oxygens (including phenoxy) is 1. The molecule has 1 heterocycles. The number of ketones is 3. The summed E-state index contributed by atoms with van der Waals surface area (Å²) in [6.45, 7) is 27.3. The van der Waals surface area contributed by atoms with E-state index in [2.05, 4.69) is 5.32 Å². The van der Waals surface area contributed by atoms with Gasteiger partial charge in [0.05, 0.1) is 31.3 Å². The topological polar surface area (TPSA) is 289 Å². The first-order chi connectivity index (χ1) is 41.6. The summed E-state index contributed by atoms with van der Waals surface area (Å²) in [6.07, 6.45) is 1.52. The molecule has 0 aliphatic carbocycles. The number of aliphatic hydroxyl groups excluding tert-OH is 1. The molecule has 0 aromatic heterocycles. The van der Waals surface area contributed by atoms with Crippen molar-refractivity contribution >= 4 is 70.6 Å². The predicted octanol–water partition coefficient (Wildman–Crippen LogP) is 5.62. The number of nitrogens with zero attached hydrogens (tertiary/aromatic N) is 7. The number of hydrogen-bond donors (Lipinski definition) is 3. The van der Waals surface area contributed by atoms with E-state index >= 15 is 19.2 Å². The minimum atomic E-state index is -1.60. The Morgan fingerprint density at radius 3 is 1.44 bits per heavy atom. The third-order valence-corrected chi connectivity index (χ3v) is 17.4. The molecule has 514 valence electrons. The molecule has 23 nitrogen and oxygen atoms in total. The molecule has 1 aliphatic heterocycles. The normalized spacial score (nSPS) is 26.3. The average molecular weight is 1270 g/mol. The van der Waals surface area contributed by atoms with Crippen LogP contribution in [0, 0.1) is 59.2 Å². The molecule has 1 fully saturated rings. The van der Waals surface area contributed by atoms with Crippen LogP contribution in [-0.4, -0.2) is 233 Å². The van der Waals surface area contributed by atoms with E-state index in [1.807, 2.05) is 55.4 Å². The zero-order valence-electron chi connectivity index (χ0n) is 58.9. The van der Waals surface area contributed by atoms with Crippen LogP contribution in [0.3, 0.4) is 0 Å². The van der Waals surface area contributed by atoms with Crippen LogP contribution in [0.1, 0.15) is 169 Å². The smallest absolute Gasteiger partial charge is 0.329 e. The molecule has 12 atom stereocenters. The Bertz CT molecular complexity index is 2480. The average Bonchev–Trinajstić information content (AvgIpc) is 0.975. The maximum Gasteiger partial charge on any atom is 0.329 e. The molecule has 1 aliphatic rings. The number of likely N-dealkylation sites (N-methyl/N-ethyl adjacent to an activating group) is 7. The van der Waals surface area contributed by atoms with E-state index in [1.54, 1.807) is 60.6 Å². The van der Waals surface area contributed by atoms with Gasteiger partial charge in [-0.2, -0.15) is 0 Å². The number of Topliss-reactive ketones (excluding diaryl/α,β-unsaturated/α-hetero) is 3. The number of aliphatic hydroxyl groups is 1. The van der Waals surface area contributed by atoms with Gasteiger partial charge >= 0.3 is 5.97 Å². The van der Waals surface area contributed by atoms with E-state index < -0.39 is 174 Å². The Hall–Kier alpha value is -6.10. The minimum absolute atomic E-state index is 0.0579. The number of carboxylic acids is 1. The van der Waals surface area contributed by atoms with Crippen LogP contribution in [0.5, 0.6) is 0 Å². The summed E-state index contributed by atoms with van der Waals surface area (Å²) in [6, 6.07) is -8.43. The van der Waals surface area contributed by atoms with Gasteiger partial charge in [0, 0.05) is 86.3 Å². The van der Waals surface area contributed by atoms with E-state index in [1.165, 1.54) is 85.7 Å². The van der Waals surface area contributed by atoms with Crippen molar-refractivity contribution in [3.8, 4) is 0 Å². The largest absolute Gasteiger partial charge is 0.480 e. The van der Waals surface area contributed by atoms with E-state index in [9.17, 15) is 43.5 Å². The lowest BCUT2D eigenvalue weighted by Crippen LogP contribution is -2.61. The number of carbonyl (C=O) groups excluding carboxylic acids is 11. The molecule has 0 spiro atoms. The number of aliphatic carboxylic acids is 1. The number of carboxylic acid groups (broad SMARTS) is 1. The van der Waals surface area contributed by atoms with Crippen molar-refractivity contribution in [2.45, 2.75) is 217 Å². The lowest BCUT2D eigenvalue weighted by atomic mass is 9.84. The van der Waals surface area contributed by atoms with Crippen LogP contribution >= 0.6 is 0 Å². The van der Waals surface area contributed by atoms with Crippen molar-refractivity contribution in [2.75, 3.05) is 69.1 Å². The second-order valence-electron chi connectivity index (χ2n) is 27.8. The zero-order chi connectivity index (χ0) is 69.7. The van der Waals surface area contributed by atoms with E-state index in [0.717, 1.165) is 4.90 Å². The summed E-state index contributed by atoms with van der Waals surface area (Å²) in [5, 5.41) is 24.0. The highest BCUT2D eigenvalue weighted by atomic mass is 16.5. The number of amides is 8. The lowest BCUT2D eigenvalue weighted by molar-refractivity contribution is -0.157. The predicted molar refractivity (Wildman–Crippen MR) is 345 cm³/mol. The molecule has 90 heavy (non-hydrogen) atoms. The monoisotopic (exact) mass is 1270 g/mol. The number of hydrogen-bond acceptors (Lipinski definition) is 14. The zero-order valence-corrected chi connectivity index (χ0v) is 58.9. The third-order valence-electron chi connectivity index (χ3n) is 17.4. The Morgan fingerprint density at radius 1 is 0.533 bits per heavy atom. The SMILES string of the molecule is CC[C@@H]1CC(=O)[C@H]([C@H](O)[C@H](C)C/C=C/COCC(=O)O)N(C)C(=O)[C@H](C(C)C)N(C)C(=O)[C@H](CC(C)C)N(C)C(=O)[C@H](CC(C)C)N(C)C(=O)[C@@H](C)NC(=O)[C@H](C)CC(=O)[C@H](CC(C)C)N(C)C(=O)[C@H](C(C)C)CC(=O)[C@H](CC(C)C)N(C)C(=O)CN(C)C1=O. The standard InChI is InChI=1S/C67H116N8O15/c1-24-47-34-55(78)59(60(82)44(14)27-25-26-28-90-37-57(80)81)75(23)67(89)58(43(12)13)74(22)66(88)52(32-41(8)9)73(21)65(87)51(31-40(6)7)72(20)62(84)46(16)68-61(83)45(15)33-53(76)50(30-39(4)5)71(19)64(86)48(42(10)11)35-54(77)49(29-38(2)3)70(18)56(79)36-69(17)63(47)85/h25-26,38-52,58-60,82H,24,27-37H2,1-23H3,(H,68,83)(H,80,81)/b26-25+/t44-,45-,46-,47-,48+,49+,50+,51+,52+,58+,59-,60-/m1/s1. The second-order valence-corrected chi connectivity index (χ2v) is 27.8. The van der Waals surface area contributed by atoms with Gasteiger partial charge in [0.2, 0.25) is 47.3 Å². The number of carbonyl (C=O) groups is 12. The molecular formula is C67H116N8O15. The quantitative estimate of drug-likeness (QED) is 0.104. The van der Waals surface area contributed by atoms with Gasteiger partial charge < -0.3 is 54.6 Å². The van der Waals surface area contributed by atoms with E-state index in [0.29, 0.717) is 0 Å². The highest BCUT2D eigenvalue weighted by molar-refractivity contribution is 5.99. The summed E-state index contributed by atoms with van der Waals surface area (Å²) in [5.41, 5.74) is 0. The van der Waals surface area contributed by atoms with E-state index in [4.69, 9.17) is 9.84 Å². The van der Waals surface area contributed by atoms with Gasteiger partial charge in [-0.25, -0.2) is 4.79 Å². The van der Waals surface area contributed by atoms with Crippen LogP contribution < -0.4 is 5.32 Å². The highest BCUT2D eigenvalue weighted by Crippen LogP contribution is 2.29. The number of nitrogens with one attached hydrogen (secondary N) is 1. The molecule has 23 heteroatoms. The van der Waals surface area contributed by atoms with Crippen molar-refractivity contribution in [3.63, 3.8) is 0 Å². The van der Waals surface area contributed by atoms with Crippen LogP contribution in [0.4, 0.5) is 0 Å². The Morgan fingerprint density at radius 2 is 0.978 bits per heavy atom. The van der Waals surface area contributed by atoms with Gasteiger partial charge in [-0.1, -0.05) is 116 Å². The fourth-order valence-electron chi connectivity index (χ4n) is 11.8. The first-order valence-corrected chi connectivity index (χ1v) is 32.4.